The minimum Gasteiger partial charge on any atom is -0.507 e. The first-order chi connectivity index (χ1) is 12.2. The van der Waals surface area contributed by atoms with Crippen LogP contribution in [0.3, 0.4) is 0 Å². The largest absolute Gasteiger partial charge is 0.507 e. The topological polar surface area (TPSA) is 67.8 Å². The van der Waals surface area contributed by atoms with Crippen LogP contribution in [0.1, 0.15) is 66.5 Å². The first-order valence-corrected chi connectivity index (χ1v) is 9.37. The molecule has 1 heterocycles. The van der Waals surface area contributed by atoms with Gasteiger partial charge in [-0.2, -0.15) is 0 Å². The van der Waals surface area contributed by atoms with E-state index in [0.717, 1.165) is 11.0 Å². The number of benzene rings is 1. The van der Waals surface area contributed by atoms with Crippen molar-refractivity contribution in [3.05, 3.63) is 34.8 Å². The second kappa shape index (κ2) is 7.32. The lowest BCUT2D eigenvalue weighted by molar-refractivity contribution is -0.118. The van der Waals surface area contributed by atoms with E-state index >= 15 is 0 Å². The minimum atomic E-state index is -0.598. The van der Waals surface area contributed by atoms with Gasteiger partial charge in [-0.3, -0.25) is 4.79 Å². The number of amides is 1. The summed E-state index contributed by atoms with van der Waals surface area (Å²) in [5, 5.41) is 13.2. The Balaban J connectivity index is 2.45. The molecule has 0 unspecified atom stereocenters. The highest BCUT2D eigenvalue weighted by molar-refractivity contribution is 6.56. The van der Waals surface area contributed by atoms with Crippen LogP contribution in [0, 0.1) is 0 Å². The van der Waals surface area contributed by atoms with Crippen molar-refractivity contribution in [1.82, 2.24) is 5.32 Å². The van der Waals surface area contributed by atoms with Crippen molar-refractivity contribution in [2.24, 2.45) is 0 Å². The highest BCUT2D eigenvalue weighted by Crippen LogP contribution is 2.39. The number of hydrogen-bond acceptors (Lipinski definition) is 4. The molecule has 1 aromatic rings. The van der Waals surface area contributed by atoms with Gasteiger partial charge >= 0.3 is 7.12 Å². The summed E-state index contributed by atoms with van der Waals surface area (Å²) in [5.41, 5.74) is 1.53. The quantitative estimate of drug-likeness (QED) is 0.787. The third kappa shape index (κ3) is 4.93. The zero-order chi connectivity index (χ0) is 20.6. The Morgan fingerprint density at radius 2 is 1.74 bits per heavy atom. The summed E-state index contributed by atoms with van der Waals surface area (Å²) in [5.74, 6) is 0.0462. The Hall–Kier alpha value is -1.79. The zero-order valence-corrected chi connectivity index (χ0v) is 17.8. The van der Waals surface area contributed by atoms with Crippen LogP contribution in [0.25, 0.3) is 6.08 Å². The van der Waals surface area contributed by atoms with E-state index in [-0.39, 0.29) is 23.6 Å². The minimum absolute atomic E-state index is 0.0432. The smallest absolute Gasteiger partial charge is 0.492 e. The second-order valence-corrected chi connectivity index (χ2v) is 9.24. The van der Waals surface area contributed by atoms with Crippen molar-refractivity contribution >= 4 is 19.1 Å². The molecule has 1 aliphatic heterocycles. The van der Waals surface area contributed by atoms with E-state index in [9.17, 15) is 9.90 Å². The molecule has 1 fully saturated rings. The fourth-order valence-corrected chi connectivity index (χ4v) is 2.76. The Bertz CT molecular complexity index is 731. The van der Waals surface area contributed by atoms with Gasteiger partial charge < -0.3 is 19.7 Å². The molecular weight excluding hydrogens is 341 g/mol. The van der Waals surface area contributed by atoms with Crippen LogP contribution in [0.5, 0.6) is 5.75 Å². The molecule has 27 heavy (non-hydrogen) atoms. The number of phenols is 1. The molecule has 148 valence electrons. The van der Waals surface area contributed by atoms with Crippen molar-refractivity contribution in [3.8, 4) is 5.75 Å². The summed E-state index contributed by atoms with van der Waals surface area (Å²) >= 11 is 0. The van der Waals surface area contributed by atoms with E-state index in [1.165, 1.54) is 6.92 Å². The summed E-state index contributed by atoms with van der Waals surface area (Å²) in [6.45, 7) is 16.1. The van der Waals surface area contributed by atoms with Crippen molar-refractivity contribution in [3.63, 3.8) is 0 Å². The lowest BCUT2D eigenvalue weighted by Crippen LogP contribution is -2.41. The molecule has 5 nitrogen and oxygen atoms in total. The van der Waals surface area contributed by atoms with Gasteiger partial charge in [0.25, 0.3) is 0 Å². The van der Waals surface area contributed by atoms with E-state index in [0.29, 0.717) is 5.56 Å². The SMILES string of the molecule is CC(=O)NCC(=Cc1cc(C(C)(C)C)ccc1O)B1OC(C)(C)C(C)(C)O1. The summed E-state index contributed by atoms with van der Waals surface area (Å²) in [7, 11) is -0.598. The highest BCUT2D eigenvalue weighted by Gasteiger charge is 2.52. The average Bonchev–Trinajstić information content (AvgIpc) is 2.72. The van der Waals surface area contributed by atoms with Crippen LogP contribution < -0.4 is 5.32 Å². The summed E-state index contributed by atoms with van der Waals surface area (Å²) in [6.07, 6.45) is 1.85. The zero-order valence-electron chi connectivity index (χ0n) is 17.8. The standard InChI is InChI=1S/C21H32BNO4/c1-14(24)23-13-17(22-26-20(5,6)21(7,8)27-22)12-15-11-16(19(2,3)4)9-10-18(15)25/h9-12,25H,13H2,1-8H3,(H,23,24). The molecule has 0 atom stereocenters. The Morgan fingerprint density at radius 3 is 2.22 bits per heavy atom. The van der Waals surface area contributed by atoms with Gasteiger partial charge in [-0.15, -0.1) is 0 Å². The molecule has 6 heteroatoms. The van der Waals surface area contributed by atoms with Crippen LogP contribution >= 0.6 is 0 Å². The van der Waals surface area contributed by atoms with Crippen LogP contribution in [-0.2, 0) is 19.5 Å². The van der Waals surface area contributed by atoms with Crippen molar-refractivity contribution < 1.29 is 19.2 Å². The molecule has 1 saturated heterocycles. The summed E-state index contributed by atoms with van der Waals surface area (Å²) in [6, 6.07) is 5.59. The number of aromatic hydroxyl groups is 1. The lowest BCUT2D eigenvalue weighted by Gasteiger charge is -2.32. The van der Waals surface area contributed by atoms with Gasteiger partial charge in [0, 0.05) is 19.0 Å². The van der Waals surface area contributed by atoms with Gasteiger partial charge in [-0.05, 0) is 56.3 Å². The number of phenolic OH excluding ortho intramolecular Hbond substituents is 1. The third-order valence-electron chi connectivity index (χ3n) is 5.33. The van der Waals surface area contributed by atoms with E-state index < -0.39 is 18.3 Å². The van der Waals surface area contributed by atoms with Crippen LogP contribution in [0.4, 0.5) is 0 Å². The number of rotatable bonds is 4. The maximum Gasteiger partial charge on any atom is 0.492 e. The first kappa shape index (κ1) is 21.5. The van der Waals surface area contributed by atoms with Gasteiger partial charge in [0.1, 0.15) is 5.75 Å². The molecule has 2 N–H and O–H groups in total. The van der Waals surface area contributed by atoms with Crippen LogP contribution in [0.15, 0.2) is 23.7 Å². The van der Waals surface area contributed by atoms with Crippen molar-refractivity contribution in [2.45, 2.75) is 72.0 Å². The predicted molar refractivity (Wildman–Crippen MR) is 110 cm³/mol. The van der Waals surface area contributed by atoms with E-state index in [2.05, 4.69) is 26.1 Å². The molecule has 0 spiro atoms. The molecule has 1 aromatic carbocycles. The van der Waals surface area contributed by atoms with Crippen LogP contribution in [0.2, 0.25) is 0 Å². The average molecular weight is 373 g/mol. The van der Waals surface area contributed by atoms with E-state index in [1.54, 1.807) is 6.07 Å². The summed E-state index contributed by atoms with van der Waals surface area (Å²) in [4.78, 5) is 11.5. The van der Waals surface area contributed by atoms with Gasteiger partial charge in [-0.1, -0.05) is 32.9 Å². The van der Waals surface area contributed by atoms with Crippen LogP contribution in [-0.4, -0.2) is 35.9 Å². The number of nitrogens with one attached hydrogen (secondary N) is 1. The first-order valence-electron chi connectivity index (χ1n) is 9.37. The normalized spacial score (nSPS) is 19.3. The van der Waals surface area contributed by atoms with Gasteiger partial charge in [0.05, 0.1) is 11.2 Å². The molecule has 1 aliphatic rings. The van der Waals surface area contributed by atoms with E-state index in [4.69, 9.17) is 9.31 Å². The molecule has 2 rings (SSSR count). The highest BCUT2D eigenvalue weighted by atomic mass is 16.7. The van der Waals surface area contributed by atoms with E-state index in [1.807, 2.05) is 45.9 Å². The lowest BCUT2D eigenvalue weighted by atomic mass is 9.76. The van der Waals surface area contributed by atoms with Gasteiger partial charge in [0.15, 0.2) is 0 Å². The molecule has 0 bridgehead atoms. The second-order valence-electron chi connectivity index (χ2n) is 9.24. The van der Waals surface area contributed by atoms with Gasteiger partial charge in [-0.25, -0.2) is 0 Å². The number of hydrogen-bond donors (Lipinski definition) is 2. The fraction of sp³-hybridized carbons (Fsp3) is 0.571. The predicted octanol–water partition coefficient (Wildman–Crippen LogP) is 3.84. The number of carbonyl (C=O) groups is 1. The molecular formula is C21H32BNO4. The number of carbonyl (C=O) groups excluding carboxylic acids is 1. The monoisotopic (exact) mass is 373 g/mol. The maximum absolute atomic E-state index is 11.5. The molecule has 0 aromatic heterocycles. The Labute approximate surface area is 163 Å². The summed E-state index contributed by atoms with van der Waals surface area (Å²) < 4.78 is 12.3. The Kier molecular flexibility index (Phi) is 5.84. The maximum atomic E-state index is 11.5. The molecule has 0 saturated carbocycles. The molecule has 0 aliphatic carbocycles. The third-order valence-corrected chi connectivity index (χ3v) is 5.33. The van der Waals surface area contributed by atoms with Crippen molar-refractivity contribution in [1.29, 1.82) is 0 Å². The van der Waals surface area contributed by atoms with Crippen molar-refractivity contribution in [2.75, 3.05) is 6.54 Å². The van der Waals surface area contributed by atoms with Gasteiger partial charge in [0.2, 0.25) is 5.91 Å². The fourth-order valence-electron chi connectivity index (χ4n) is 2.76. The molecule has 0 radical (unpaired) electrons. The Morgan fingerprint density at radius 1 is 1.19 bits per heavy atom. The molecule has 1 amide bonds.